The van der Waals surface area contributed by atoms with Crippen LogP contribution in [0, 0.1) is 24.1 Å². The van der Waals surface area contributed by atoms with Crippen LogP contribution >= 0.6 is 0 Å². The quantitative estimate of drug-likeness (QED) is 0.358. The molecular weight excluding hydrogens is 450 g/mol. The molecule has 1 aliphatic rings. The molecule has 35 heavy (non-hydrogen) atoms. The molecule has 1 fully saturated rings. The lowest BCUT2D eigenvalue weighted by molar-refractivity contribution is -0.150. The summed E-state index contributed by atoms with van der Waals surface area (Å²) in [7, 11) is 0. The van der Waals surface area contributed by atoms with E-state index >= 15 is 4.39 Å². The first kappa shape index (κ1) is 23.0. The average molecular weight is 477 g/mol. The number of nitrogens with one attached hydrogen (secondary N) is 1. The SMILES string of the molecule is Cc1cc(-n2c(C(C)(C)CC#N)c([C@@H]3CC[C@@](F)(C(=O)O)C3)c3cc4[nH]ncc4cc32)ccc1F. The molecule has 1 aliphatic carbocycles. The number of aryl methyl sites for hydroxylation is 1. The molecule has 4 aromatic rings. The van der Waals surface area contributed by atoms with Crippen LogP contribution in [0.3, 0.4) is 0 Å². The Bertz CT molecular complexity index is 1530. The van der Waals surface area contributed by atoms with Crippen molar-refractivity contribution in [2.24, 2.45) is 0 Å². The number of hydrogen-bond acceptors (Lipinski definition) is 3. The van der Waals surface area contributed by atoms with E-state index in [-0.39, 0.29) is 31.0 Å². The zero-order valence-electron chi connectivity index (χ0n) is 19.8. The Morgan fingerprint density at radius 3 is 2.80 bits per heavy atom. The van der Waals surface area contributed by atoms with Crippen molar-refractivity contribution in [1.82, 2.24) is 14.8 Å². The Morgan fingerprint density at radius 2 is 2.14 bits per heavy atom. The molecular formula is C27H26F2N4O2. The van der Waals surface area contributed by atoms with Gasteiger partial charge < -0.3 is 9.67 Å². The first-order valence-electron chi connectivity index (χ1n) is 11.6. The molecule has 6 nitrogen and oxygen atoms in total. The van der Waals surface area contributed by atoms with E-state index in [0.717, 1.165) is 38.8 Å². The molecule has 0 radical (unpaired) electrons. The first-order valence-corrected chi connectivity index (χ1v) is 11.6. The van der Waals surface area contributed by atoms with Crippen molar-refractivity contribution in [3.8, 4) is 11.8 Å². The number of aliphatic carboxylic acids is 1. The number of hydrogen-bond donors (Lipinski definition) is 2. The number of aromatic amines is 1. The molecule has 0 bridgehead atoms. The number of nitrogens with zero attached hydrogens (tertiary/aromatic N) is 3. The highest BCUT2D eigenvalue weighted by Gasteiger charge is 2.48. The number of halogens is 2. The van der Waals surface area contributed by atoms with Crippen LogP contribution in [-0.2, 0) is 10.2 Å². The summed E-state index contributed by atoms with van der Waals surface area (Å²) in [4.78, 5) is 11.7. The topological polar surface area (TPSA) is 94.7 Å². The van der Waals surface area contributed by atoms with Gasteiger partial charge in [-0.25, -0.2) is 13.6 Å². The van der Waals surface area contributed by atoms with Crippen LogP contribution in [0.15, 0.2) is 36.5 Å². The predicted molar refractivity (Wildman–Crippen MR) is 129 cm³/mol. The molecule has 8 heteroatoms. The van der Waals surface area contributed by atoms with E-state index in [1.807, 2.05) is 30.5 Å². The van der Waals surface area contributed by atoms with Crippen LogP contribution < -0.4 is 0 Å². The normalized spacial score (nSPS) is 20.5. The summed E-state index contributed by atoms with van der Waals surface area (Å²) in [6, 6.07) is 11.1. The van der Waals surface area contributed by atoms with E-state index in [4.69, 9.17) is 0 Å². The van der Waals surface area contributed by atoms with Crippen LogP contribution in [0.25, 0.3) is 27.5 Å². The van der Waals surface area contributed by atoms with Gasteiger partial charge in [0.15, 0.2) is 0 Å². The Hall–Kier alpha value is -3.73. The first-order chi connectivity index (χ1) is 16.6. The maximum absolute atomic E-state index is 15.3. The molecule has 5 rings (SSSR count). The molecule has 1 saturated carbocycles. The summed E-state index contributed by atoms with van der Waals surface area (Å²) in [6.45, 7) is 5.62. The van der Waals surface area contributed by atoms with Crippen molar-refractivity contribution in [1.29, 1.82) is 5.26 Å². The van der Waals surface area contributed by atoms with Crippen LogP contribution in [0.5, 0.6) is 0 Å². The second-order valence-corrected chi connectivity index (χ2v) is 10.3. The number of carboxylic acid groups (broad SMARTS) is 1. The van der Waals surface area contributed by atoms with E-state index in [0.29, 0.717) is 12.0 Å². The fraction of sp³-hybridized carbons (Fsp3) is 0.370. The van der Waals surface area contributed by atoms with Gasteiger partial charge in [-0.05, 0) is 73.6 Å². The van der Waals surface area contributed by atoms with Crippen LogP contribution in [-0.4, -0.2) is 31.5 Å². The maximum atomic E-state index is 15.3. The van der Waals surface area contributed by atoms with E-state index in [1.165, 1.54) is 6.07 Å². The van der Waals surface area contributed by atoms with E-state index in [1.54, 1.807) is 25.3 Å². The lowest BCUT2D eigenvalue weighted by atomic mass is 9.79. The Morgan fingerprint density at radius 1 is 1.37 bits per heavy atom. The zero-order valence-corrected chi connectivity index (χ0v) is 19.8. The van der Waals surface area contributed by atoms with Gasteiger partial charge in [0, 0.05) is 34.0 Å². The monoisotopic (exact) mass is 476 g/mol. The number of aromatic nitrogens is 3. The van der Waals surface area contributed by atoms with E-state index < -0.39 is 17.1 Å². The van der Waals surface area contributed by atoms with Crippen molar-refractivity contribution >= 4 is 27.8 Å². The summed E-state index contributed by atoms with van der Waals surface area (Å²) >= 11 is 0. The summed E-state index contributed by atoms with van der Waals surface area (Å²) < 4.78 is 31.5. The molecule has 0 aliphatic heterocycles. The van der Waals surface area contributed by atoms with Crippen molar-refractivity contribution in [3.05, 3.63) is 59.2 Å². The van der Waals surface area contributed by atoms with Gasteiger partial charge in [-0.1, -0.05) is 13.8 Å². The molecule has 2 aromatic heterocycles. The maximum Gasteiger partial charge on any atom is 0.341 e. The number of carboxylic acids is 1. The Balaban J connectivity index is 1.89. The smallest absolute Gasteiger partial charge is 0.341 e. The summed E-state index contributed by atoms with van der Waals surface area (Å²) in [6.07, 6.45) is 2.08. The van der Waals surface area contributed by atoms with Crippen molar-refractivity contribution in [2.45, 2.75) is 63.5 Å². The van der Waals surface area contributed by atoms with Gasteiger partial charge in [-0.2, -0.15) is 10.4 Å². The third-order valence-corrected chi connectivity index (χ3v) is 7.38. The molecule has 2 N–H and O–H groups in total. The van der Waals surface area contributed by atoms with Crippen molar-refractivity contribution in [2.75, 3.05) is 0 Å². The predicted octanol–water partition coefficient (Wildman–Crippen LogP) is 6.21. The summed E-state index contributed by atoms with van der Waals surface area (Å²) in [5.74, 6) is -2.11. The van der Waals surface area contributed by atoms with E-state index in [2.05, 4.69) is 16.3 Å². The number of benzene rings is 2. The van der Waals surface area contributed by atoms with Gasteiger partial charge >= 0.3 is 5.97 Å². The van der Waals surface area contributed by atoms with Gasteiger partial charge in [-0.15, -0.1) is 0 Å². The highest BCUT2D eigenvalue weighted by Crippen LogP contribution is 2.51. The molecule has 0 unspecified atom stereocenters. The molecule has 2 aromatic carbocycles. The van der Waals surface area contributed by atoms with Gasteiger partial charge in [0.2, 0.25) is 5.67 Å². The Kier molecular flexibility index (Phi) is 5.20. The Labute approximate surface area is 201 Å². The number of rotatable bonds is 5. The lowest BCUT2D eigenvalue weighted by Gasteiger charge is -2.28. The average Bonchev–Trinajstić information content (AvgIpc) is 3.50. The number of nitriles is 1. The standard InChI is InChI=1S/C27H26F2N4O2/c1-15-10-18(4-5-20(15)28)33-22-11-17-14-31-32-21(17)12-19(22)23(24(33)26(2,3)8-9-30)16-6-7-27(29,13-16)25(34)35/h4-5,10-12,14,16H,6-8,13H2,1-3H3,(H,31,32)(H,34,35)/t16-,27+/m1/s1. The van der Waals surface area contributed by atoms with E-state index in [9.17, 15) is 19.6 Å². The second kappa shape index (κ2) is 7.91. The lowest BCUT2D eigenvalue weighted by Crippen LogP contribution is -2.30. The molecule has 0 saturated heterocycles. The summed E-state index contributed by atoms with van der Waals surface area (Å²) in [5.41, 5.74) is 1.56. The van der Waals surface area contributed by atoms with Gasteiger partial charge in [0.25, 0.3) is 0 Å². The second-order valence-electron chi connectivity index (χ2n) is 10.3. The van der Waals surface area contributed by atoms with Crippen LogP contribution in [0.4, 0.5) is 8.78 Å². The fourth-order valence-corrected chi connectivity index (χ4v) is 5.58. The molecule has 0 amide bonds. The fourth-order valence-electron chi connectivity index (χ4n) is 5.58. The molecule has 180 valence electrons. The zero-order chi connectivity index (χ0) is 25.1. The number of carbonyl (C=O) groups is 1. The van der Waals surface area contributed by atoms with Gasteiger partial charge in [0.1, 0.15) is 5.82 Å². The third kappa shape index (κ3) is 3.57. The third-order valence-electron chi connectivity index (χ3n) is 7.38. The highest BCUT2D eigenvalue weighted by molar-refractivity contribution is 5.99. The highest BCUT2D eigenvalue weighted by atomic mass is 19.1. The minimum Gasteiger partial charge on any atom is -0.479 e. The molecule has 0 spiro atoms. The molecule has 2 atom stereocenters. The summed E-state index contributed by atoms with van der Waals surface area (Å²) in [5, 5.41) is 28.1. The van der Waals surface area contributed by atoms with Gasteiger partial charge in [-0.3, -0.25) is 5.10 Å². The number of alkyl halides is 1. The number of fused-ring (bicyclic) bond motifs is 2. The minimum atomic E-state index is -2.29. The number of H-pyrrole nitrogens is 1. The van der Waals surface area contributed by atoms with Crippen LogP contribution in [0.2, 0.25) is 0 Å². The van der Waals surface area contributed by atoms with Crippen LogP contribution in [0.1, 0.15) is 62.3 Å². The van der Waals surface area contributed by atoms with Gasteiger partial charge in [0.05, 0.1) is 23.3 Å². The van der Waals surface area contributed by atoms with Crippen molar-refractivity contribution in [3.63, 3.8) is 0 Å². The minimum absolute atomic E-state index is 0.0697. The van der Waals surface area contributed by atoms with Crippen molar-refractivity contribution < 1.29 is 18.7 Å². The largest absolute Gasteiger partial charge is 0.479 e. The molecule has 2 heterocycles.